The number of carbonyl (C=O) groups is 3. The number of esters is 1. The van der Waals surface area contributed by atoms with Crippen LogP contribution in [0.2, 0.25) is 5.02 Å². The zero-order valence-electron chi connectivity index (χ0n) is 24.3. The Balaban J connectivity index is 1.92. The molecule has 0 saturated heterocycles. The van der Waals surface area contributed by atoms with E-state index in [0.717, 1.165) is 11.2 Å². The van der Waals surface area contributed by atoms with Gasteiger partial charge in [-0.2, -0.15) is 4.98 Å². The lowest BCUT2D eigenvalue weighted by molar-refractivity contribution is -0.171. The summed E-state index contributed by atoms with van der Waals surface area (Å²) in [7, 11) is -2.33. The molecular formula is C26H32ClN5O9S. The van der Waals surface area contributed by atoms with Gasteiger partial charge < -0.3 is 24.3 Å². The summed E-state index contributed by atoms with van der Waals surface area (Å²) in [5.74, 6) is -1.12. The second-order valence-electron chi connectivity index (χ2n) is 10.6. The molecule has 16 heteroatoms. The molecule has 0 aliphatic carbocycles. The Labute approximate surface area is 247 Å². The van der Waals surface area contributed by atoms with Crippen LogP contribution in [0.15, 0.2) is 41.4 Å². The van der Waals surface area contributed by atoms with E-state index in [1.807, 2.05) is 0 Å². The maximum atomic E-state index is 13.5. The number of halogens is 1. The Hall–Kier alpha value is -4.11. The summed E-state index contributed by atoms with van der Waals surface area (Å²) < 4.78 is 46.8. The van der Waals surface area contributed by atoms with Crippen molar-refractivity contribution >= 4 is 56.9 Å². The second-order valence-corrected chi connectivity index (χ2v) is 13.1. The van der Waals surface area contributed by atoms with Crippen molar-refractivity contribution in [2.45, 2.75) is 63.9 Å². The van der Waals surface area contributed by atoms with Crippen LogP contribution >= 0.6 is 11.6 Å². The molecule has 0 saturated carbocycles. The monoisotopic (exact) mass is 625 g/mol. The van der Waals surface area contributed by atoms with Gasteiger partial charge in [0.25, 0.3) is 5.95 Å². The largest absolute Gasteiger partial charge is 0.495 e. The quantitative estimate of drug-likeness (QED) is 0.280. The lowest BCUT2D eigenvalue weighted by Crippen LogP contribution is -2.52. The molecule has 2 heterocycles. The summed E-state index contributed by atoms with van der Waals surface area (Å²) in [6.45, 7) is 9.07. The molecule has 1 N–H and O–H groups in total. The van der Waals surface area contributed by atoms with Gasteiger partial charge in [-0.25, -0.2) is 32.2 Å². The highest BCUT2D eigenvalue weighted by molar-refractivity contribution is 7.90. The Bertz CT molecular complexity index is 1620. The third-order valence-corrected chi connectivity index (χ3v) is 6.68. The van der Waals surface area contributed by atoms with Gasteiger partial charge in [-0.3, -0.25) is 0 Å². The topological polar surface area (TPSA) is 168 Å². The van der Waals surface area contributed by atoms with Crippen LogP contribution in [0.3, 0.4) is 0 Å². The molecule has 0 aliphatic heterocycles. The number of carbonyl (C=O) groups excluding carboxylic acids is 3. The fourth-order valence-corrected chi connectivity index (χ4v) is 4.22. The lowest BCUT2D eigenvalue weighted by atomic mass is 10.1. The maximum Gasteiger partial charge on any atom is 0.424 e. The van der Waals surface area contributed by atoms with Crippen LogP contribution in [0.5, 0.6) is 5.75 Å². The van der Waals surface area contributed by atoms with E-state index >= 15 is 0 Å². The van der Waals surface area contributed by atoms with Crippen molar-refractivity contribution in [1.29, 1.82) is 0 Å². The van der Waals surface area contributed by atoms with E-state index in [0.29, 0.717) is 10.7 Å². The number of hydrogen-bond donors (Lipinski definition) is 1. The first kappa shape index (κ1) is 32.4. The summed E-state index contributed by atoms with van der Waals surface area (Å²) in [5, 5.41) is 7.06. The predicted octanol–water partition coefficient (Wildman–Crippen LogP) is 4.26. The first-order valence-corrected chi connectivity index (χ1v) is 14.7. The number of aromatic nitrogens is 3. The van der Waals surface area contributed by atoms with Crippen LogP contribution in [0.1, 0.15) is 41.5 Å². The van der Waals surface area contributed by atoms with Crippen LogP contribution in [0.25, 0.3) is 5.65 Å². The van der Waals surface area contributed by atoms with Crippen molar-refractivity contribution in [2.24, 2.45) is 0 Å². The molecule has 42 heavy (non-hydrogen) atoms. The zero-order valence-corrected chi connectivity index (χ0v) is 25.9. The van der Waals surface area contributed by atoms with Gasteiger partial charge in [0.05, 0.1) is 22.7 Å². The van der Waals surface area contributed by atoms with Gasteiger partial charge in [0.2, 0.25) is 6.29 Å². The number of benzene rings is 1. The molecule has 3 aromatic rings. The molecule has 1 atom stereocenters. The Morgan fingerprint density at radius 1 is 1.07 bits per heavy atom. The van der Waals surface area contributed by atoms with Crippen molar-refractivity contribution in [3.8, 4) is 5.75 Å². The number of anilines is 2. The van der Waals surface area contributed by atoms with E-state index in [1.54, 1.807) is 32.9 Å². The van der Waals surface area contributed by atoms with E-state index in [9.17, 15) is 22.8 Å². The molecular weight excluding hydrogens is 594 g/mol. The van der Waals surface area contributed by atoms with E-state index in [-0.39, 0.29) is 22.3 Å². The average molecular weight is 626 g/mol. The molecule has 0 bridgehead atoms. The molecule has 3 rings (SSSR count). The number of ether oxygens (including phenoxy) is 4. The number of nitrogens with one attached hydrogen (secondary N) is 1. The Morgan fingerprint density at radius 3 is 2.33 bits per heavy atom. The van der Waals surface area contributed by atoms with Crippen LogP contribution in [0, 0.1) is 0 Å². The number of pyridine rings is 1. The highest BCUT2D eigenvalue weighted by atomic mass is 35.5. The van der Waals surface area contributed by atoms with Crippen LogP contribution in [-0.2, 0) is 28.8 Å². The Kier molecular flexibility index (Phi) is 9.27. The van der Waals surface area contributed by atoms with Crippen molar-refractivity contribution in [3.05, 3.63) is 41.6 Å². The summed E-state index contributed by atoms with van der Waals surface area (Å²) in [6.07, 6.45) is -0.912. The number of rotatable bonds is 8. The van der Waals surface area contributed by atoms with Crippen LogP contribution in [0.4, 0.5) is 21.2 Å². The molecule has 14 nitrogen and oxygen atoms in total. The SMILES string of the molecule is COc1cc(S(C)(=O)=O)ccc1N(C(=O)OC(C)OC(=O)C(C)(C)NC(=O)OC(C)(C)C)c1nc2ccc(Cl)cn2n1. The number of hydrogen-bond acceptors (Lipinski definition) is 11. The highest BCUT2D eigenvalue weighted by Crippen LogP contribution is 2.35. The van der Waals surface area contributed by atoms with Gasteiger partial charge in [-0.15, -0.1) is 5.10 Å². The maximum absolute atomic E-state index is 13.5. The van der Waals surface area contributed by atoms with Crippen molar-refractivity contribution in [1.82, 2.24) is 19.9 Å². The minimum Gasteiger partial charge on any atom is -0.495 e. The van der Waals surface area contributed by atoms with Gasteiger partial charge in [-0.1, -0.05) is 11.6 Å². The Morgan fingerprint density at radius 2 is 1.74 bits per heavy atom. The minimum absolute atomic E-state index is 0.0147. The number of fused-ring (bicyclic) bond motifs is 1. The normalized spacial score (nSPS) is 12.8. The van der Waals surface area contributed by atoms with Crippen LogP contribution in [-0.4, -0.2) is 72.0 Å². The summed E-state index contributed by atoms with van der Waals surface area (Å²) in [5.41, 5.74) is -1.99. The third kappa shape index (κ3) is 8.00. The standard InChI is InChI=1S/C26H32ClN5O9S/c1-15(39-21(33)26(5,6)29-23(34)41-25(2,3)4)40-24(35)32(22-28-20-12-9-16(27)14-31(20)30-22)18-11-10-17(42(8,36)37)13-19(18)38-7/h9-15H,1-8H3,(H,29,34). The molecule has 1 unspecified atom stereocenters. The number of amides is 2. The molecule has 228 valence electrons. The van der Waals surface area contributed by atoms with Gasteiger partial charge >= 0.3 is 18.2 Å². The summed E-state index contributed by atoms with van der Waals surface area (Å²) >= 11 is 6.06. The molecule has 0 radical (unpaired) electrons. The molecule has 2 aromatic heterocycles. The van der Waals surface area contributed by atoms with Crippen molar-refractivity contribution in [3.63, 3.8) is 0 Å². The van der Waals surface area contributed by atoms with E-state index in [4.69, 9.17) is 30.5 Å². The van der Waals surface area contributed by atoms with Gasteiger partial charge in [0.15, 0.2) is 15.5 Å². The van der Waals surface area contributed by atoms with E-state index < -0.39 is 45.4 Å². The lowest BCUT2D eigenvalue weighted by Gasteiger charge is -2.28. The second kappa shape index (κ2) is 12.0. The third-order valence-electron chi connectivity index (χ3n) is 5.35. The zero-order chi connectivity index (χ0) is 31.6. The fraction of sp³-hybridized carbons (Fsp3) is 0.423. The first-order chi connectivity index (χ1) is 19.3. The first-order valence-electron chi connectivity index (χ1n) is 12.4. The van der Waals surface area contributed by atoms with E-state index in [2.05, 4.69) is 15.4 Å². The predicted molar refractivity (Wildman–Crippen MR) is 152 cm³/mol. The number of alkyl carbamates (subject to hydrolysis) is 1. The van der Waals surface area contributed by atoms with E-state index in [1.165, 1.54) is 56.8 Å². The number of sulfone groups is 1. The molecule has 2 amide bonds. The smallest absolute Gasteiger partial charge is 0.424 e. The van der Waals surface area contributed by atoms with Gasteiger partial charge in [0, 0.05) is 25.4 Å². The molecule has 0 spiro atoms. The number of methoxy groups -OCH3 is 1. The molecule has 1 aromatic carbocycles. The molecule has 0 fully saturated rings. The van der Waals surface area contributed by atoms with Crippen LogP contribution < -0.4 is 15.0 Å². The minimum atomic E-state index is -3.61. The number of nitrogens with zero attached hydrogens (tertiary/aromatic N) is 4. The highest BCUT2D eigenvalue weighted by Gasteiger charge is 2.36. The van der Waals surface area contributed by atoms with Crippen molar-refractivity contribution in [2.75, 3.05) is 18.3 Å². The fourth-order valence-electron chi connectivity index (χ4n) is 3.43. The molecule has 0 aliphatic rings. The van der Waals surface area contributed by atoms with Gasteiger partial charge in [-0.05, 0) is 58.9 Å². The summed E-state index contributed by atoms with van der Waals surface area (Å²) in [6, 6.07) is 6.96. The average Bonchev–Trinajstić information content (AvgIpc) is 3.24. The summed E-state index contributed by atoms with van der Waals surface area (Å²) in [4.78, 5) is 43.8. The van der Waals surface area contributed by atoms with Gasteiger partial charge in [0.1, 0.15) is 16.9 Å². The van der Waals surface area contributed by atoms with Crippen molar-refractivity contribution < 1.29 is 41.7 Å².